The molecule has 0 radical (unpaired) electrons. The van der Waals surface area contributed by atoms with Crippen molar-refractivity contribution in [2.75, 3.05) is 0 Å². The molecular weight excluding hydrogens is 256 g/mol. The fourth-order valence-corrected chi connectivity index (χ4v) is 2.76. The number of rotatable bonds is 5. The Hall–Kier alpha value is -2.35. The second-order valence-electron chi connectivity index (χ2n) is 5.38. The van der Waals surface area contributed by atoms with Gasteiger partial charge in [-0.05, 0) is 30.5 Å². The smallest absolute Gasteiger partial charge is 0.233 e. The summed E-state index contributed by atoms with van der Waals surface area (Å²) in [4.78, 5) is 0. The molecule has 106 valence electrons. The number of nitrogens with zero attached hydrogens (tertiary/aromatic N) is 2. The van der Waals surface area contributed by atoms with Crippen LogP contribution in [0.3, 0.4) is 0 Å². The monoisotopic (exact) mass is 277 g/mol. The standard InChI is InChI=1S/C19H21N2/c1-20-15-16-21(19(20)18-12-6-3-7-13-18)14-8-11-17-9-4-2-5-10-17/h2-7,9-10,12-13,15-16H,8,11,14H2,1H3/q+1. The molecule has 0 saturated carbocycles. The Morgan fingerprint density at radius 1 is 0.905 bits per heavy atom. The van der Waals surface area contributed by atoms with Gasteiger partial charge in [0.05, 0.1) is 19.2 Å². The molecule has 0 fully saturated rings. The Morgan fingerprint density at radius 2 is 1.57 bits per heavy atom. The first kappa shape index (κ1) is 13.6. The van der Waals surface area contributed by atoms with Gasteiger partial charge in [-0.1, -0.05) is 48.5 Å². The Balaban J connectivity index is 1.72. The highest BCUT2D eigenvalue weighted by molar-refractivity contribution is 5.52. The molecule has 21 heavy (non-hydrogen) atoms. The SMILES string of the molecule is C[n+]1ccn(CCCc2ccccc2)c1-c1ccccc1. The molecule has 0 aliphatic heterocycles. The van der Waals surface area contributed by atoms with Crippen molar-refractivity contribution in [2.24, 2.45) is 7.05 Å². The number of imidazole rings is 1. The van der Waals surface area contributed by atoms with Crippen molar-refractivity contribution in [3.63, 3.8) is 0 Å². The maximum Gasteiger partial charge on any atom is 0.288 e. The summed E-state index contributed by atoms with van der Waals surface area (Å²) in [5, 5.41) is 0. The summed E-state index contributed by atoms with van der Waals surface area (Å²) in [6.07, 6.45) is 6.58. The molecule has 1 aromatic heterocycles. The summed E-state index contributed by atoms with van der Waals surface area (Å²) >= 11 is 0. The lowest BCUT2D eigenvalue weighted by atomic mass is 10.1. The molecule has 1 heterocycles. The van der Waals surface area contributed by atoms with Crippen LogP contribution in [0.4, 0.5) is 0 Å². The van der Waals surface area contributed by atoms with E-state index < -0.39 is 0 Å². The van der Waals surface area contributed by atoms with Crippen LogP contribution in [0.1, 0.15) is 12.0 Å². The highest BCUT2D eigenvalue weighted by atomic mass is 15.1. The third-order valence-corrected chi connectivity index (χ3v) is 3.82. The van der Waals surface area contributed by atoms with E-state index in [4.69, 9.17) is 0 Å². The molecule has 0 saturated heterocycles. The minimum Gasteiger partial charge on any atom is -0.233 e. The zero-order chi connectivity index (χ0) is 14.5. The molecular formula is C19H21N2+. The largest absolute Gasteiger partial charge is 0.288 e. The van der Waals surface area contributed by atoms with Crippen LogP contribution in [0, 0.1) is 0 Å². The quantitative estimate of drug-likeness (QED) is 0.630. The van der Waals surface area contributed by atoms with Crippen LogP contribution < -0.4 is 4.57 Å². The predicted octanol–water partition coefficient (Wildman–Crippen LogP) is 3.61. The van der Waals surface area contributed by atoms with E-state index >= 15 is 0 Å². The van der Waals surface area contributed by atoms with Gasteiger partial charge in [0.2, 0.25) is 0 Å². The van der Waals surface area contributed by atoms with Crippen LogP contribution in [0.2, 0.25) is 0 Å². The topological polar surface area (TPSA) is 8.81 Å². The average Bonchev–Trinajstić information content (AvgIpc) is 2.90. The lowest BCUT2D eigenvalue weighted by Crippen LogP contribution is -2.29. The third-order valence-electron chi connectivity index (χ3n) is 3.82. The molecule has 0 aliphatic carbocycles. The van der Waals surface area contributed by atoms with Crippen molar-refractivity contribution in [1.29, 1.82) is 0 Å². The zero-order valence-electron chi connectivity index (χ0n) is 12.4. The van der Waals surface area contributed by atoms with Crippen LogP contribution in [0.25, 0.3) is 11.4 Å². The number of aromatic nitrogens is 2. The molecule has 0 spiro atoms. The third kappa shape index (κ3) is 3.22. The van der Waals surface area contributed by atoms with Crippen LogP contribution in [-0.4, -0.2) is 4.57 Å². The molecule has 2 aromatic carbocycles. The maximum atomic E-state index is 2.35. The molecule has 3 aromatic rings. The summed E-state index contributed by atoms with van der Waals surface area (Å²) in [7, 11) is 2.11. The van der Waals surface area contributed by atoms with Gasteiger partial charge in [-0.15, -0.1) is 0 Å². The molecule has 2 nitrogen and oxygen atoms in total. The molecule has 0 unspecified atom stereocenters. The van der Waals surface area contributed by atoms with Crippen LogP contribution in [0.5, 0.6) is 0 Å². The van der Waals surface area contributed by atoms with E-state index in [0.717, 1.165) is 19.4 Å². The van der Waals surface area contributed by atoms with Crippen molar-refractivity contribution in [3.8, 4) is 11.4 Å². The van der Waals surface area contributed by atoms with E-state index in [1.54, 1.807) is 0 Å². The zero-order valence-corrected chi connectivity index (χ0v) is 12.4. The molecule has 0 amide bonds. The normalized spacial score (nSPS) is 10.7. The minimum atomic E-state index is 1.04. The summed E-state index contributed by atoms with van der Waals surface area (Å²) in [6, 6.07) is 21.3. The van der Waals surface area contributed by atoms with Crippen molar-refractivity contribution in [2.45, 2.75) is 19.4 Å². The first-order chi connectivity index (χ1) is 10.3. The van der Waals surface area contributed by atoms with Gasteiger partial charge in [-0.25, -0.2) is 9.13 Å². The number of aryl methyl sites for hydroxylation is 3. The fraction of sp³-hybridized carbons (Fsp3) is 0.211. The van der Waals surface area contributed by atoms with Crippen molar-refractivity contribution in [1.82, 2.24) is 4.57 Å². The molecule has 2 heteroatoms. The van der Waals surface area contributed by atoms with Gasteiger partial charge in [-0.3, -0.25) is 0 Å². The van der Waals surface area contributed by atoms with Crippen LogP contribution >= 0.6 is 0 Å². The predicted molar refractivity (Wildman–Crippen MR) is 85.8 cm³/mol. The van der Waals surface area contributed by atoms with Gasteiger partial charge in [0.1, 0.15) is 12.4 Å². The number of benzene rings is 2. The van der Waals surface area contributed by atoms with Gasteiger partial charge < -0.3 is 0 Å². The molecule has 3 rings (SSSR count). The second-order valence-corrected chi connectivity index (χ2v) is 5.38. The highest BCUT2D eigenvalue weighted by Crippen LogP contribution is 2.16. The van der Waals surface area contributed by atoms with E-state index in [0.29, 0.717) is 0 Å². The van der Waals surface area contributed by atoms with Crippen LogP contribution in [0.15, 0.2) is 73.1 Å². The van der Waals surface area contributed by atoms with Gasteiger partial charge in [0.15, 0.2) is 0 Å². The Kier molecular flexibility index (Phi) is 4.15. The number of hydrogen-bond acceptors (Lipinski definition) is 0. The van der Waals surface area contributed by atoms with E-state index in [1.165, 1.54) is 17.0 Å². The van der Waals surface area contributed by atoms with Gasteiger partial charge in [0.25, 0.3) is 5.82 Å². The lowest BCUT2D eigenvalue weighted by molar-refractivity contribution is -0.659. The summed E-state index contributed by atoms with van der Waals surface area (Å²) in [6.45, 7) is 1.04. The number of hydrogen-bond donors (Lipinski definition) is 0. The van der Waals surface area contributed by atoms with Crippen molar-refractivity contribution < 1.29 is 4.57 Å². The van der Waals surface area contributed by atoms with E-state index in [2.05, 4.69) is 89.2 Å². The Bertz CT molecular complexity index is 684. The van der Waals surface area contributed by atoms with E-state index in [-0.39, 0.29) is 0 Å². The Labute approximate surface area is 126 Å². The maximum absolute atomic E-state index is 2.35. The Morgan fingerprint density at radius 3 is 2.29 bits per heavy atom. The molecule has 0 atom stereocenters. The highest BCUT2D eigenvalue weighted by Gasteiger charge is 2.16. The average molecular weight is 277 g/mol. The summed E-state index contributed by atoms with van der Waals surface area (Å²) < 4.78 is 4.54. The first-order valence-electron chi connectivity index (χ1n) is 7.49. The van der Waals surface area contributed by atoms with Gasteiger partial charge >= 0.3 is 0 Å². The van der Waals surface area contributed by atoms with Gasteiger partial charge in [0, 0.05) is 0 Å². The van der Waals surface area contributed by atoms with E-state index in [1.807, 2.05) is 0 Å². The summed E-state index contributed by atoms with van der Waals surface area (Å²) in [5.41, 5.74) is 2.68. The van der Waals surface area contributed by atoms with Crippen molar-refractivity contribution in [3.05, 3.63) is 78.6 Å². The van der Waals surface area contributed by atoms with Crippen LogP contribution in [-0.2, 0) is 20.0 Å². The molecule has 0 aliphatic rings. The minimum absolute atomic E-state index is 1.04. The lowest BCUT2D eigenvalue weighted by Gasteiger charge is -2.04. The second kappa shape index (κ2) is 6.40. The van der Waals surface area contributed by atoms with Gasteiger partial charge in [-0.2, -0.15) is 0 Å². The molecule has 0 N–H and O–H groups in total. The molecule has 0 bridgehead atoms. The fourth-order valence-electron chi connectivity index (χ4n) is 2.76. The van der Waals surface area contributed by atoms with E-state index in [9.17, 15) is 0 Å². The summed E-state index contributed by atoms with van der Waals surface area (Å²) in [5.74, 6) is 1.27. The van der Waals surface area contributed by atoms with Crippen molar-refractivity contribution >= 4 is 0 Å². The first-order valence-corrected chi connectivity index (χ1v) is 7.49.